The summed E-state index contributed by atoms with van der Waals surface area (Å²) in [7, 11) is 0. The molecule has 0 spiro atoms. The fourth-order valence-electron chi connectivity index (χ4n) is 2.82. The standard InChI is InChI=1S/C17H20N2O6/c1-9(21)19-14-16(23)15(22)13(8-20)25-17(14)24-11-5-4-10-3-2-6-18-12(10)7-11/h2-7,13-17,20,22-23H,8H2,1H3,(H,19,21)/t13-,14-,15+,16-,17-/m1/s1. The summed E-state index contributed by atoms with van der Waals surface area (Å²) >= 11 is 0. The van der Waals surface area contributed by atoms with Crippen molar-refractivity contribution in [1.82, 2.24) is 10.3 Å². The van der Waals surface area contributed by atoms with E-state index in [0.29, 0.717) is 11.3 Å². The minimum absolute atomic E-state index is 0.406. The summed E-state index contributed by atoms with van der Waals surface area (Å²) in [5.41, 5.74) is 0.714. The van der Waals surface area contributed by atoms with Gasteiger partial charge in [0.2, 0.25) is 12.2 Å². The monoisotopic (exact) mass is 348 g/mol. The van der Waals surface area contributed by atoms with Crippen molar-refractivity contribution in [1.29, 1.82) is 0 Å². The highest BCUT2D eigenvalue weighted by Crippen LogP contribution is 2.26. The third-order valence-corrected chi connectivity index (χ3v) is 4.08. The topological polar surface area (TPSA) is 121 Å². The van der Waals surface area contributed by atoms with E-state index in [4.69, 9.17) is 9.47 Å². The molecule has 0 saturated carbocycles. The van der Waals surface area contributed by atoms with Gasteiger partial charge in [-0.15, -0.1) is 0 Å². The zero-order valence-electron chi connectivity index (χ0n) is 13.6. The van der Waals surface area contributed by atoms with E-state index in [0.717, 1.165) is 5.39 Å². The first-order valence-corrected chi connectivity index (χ1v) is 7.90. The Kier molecular flexibility index (Phi) is 5.14. The lowest BCUT2D eigenvalue weighted by molar-refractivity contribution is -0.244. The summed E-state index contributed by atoms with van der Waals surface area (Å²) < 4.78 is 11.3. The molecule has 1 aliphatic rings. The first-order chi connectivity index (χ1) is 12.0. The maximum absolute atomic E-state index is 11.4. The van der Waals surface area contributed by atoms with E-state index < -0.39 is 43.2 Å². The predicted molar refractivity (Wildman–Crippen MR) is 87.7 cm³/mol. The number of hydrogen-bond acceptors (Lipinski definition) is 7. The van der Waals surface area contributed by atoms with Crippen LogP contribution in [0.2, 0.25) is 0 Å². The predicted octanol–water partition coefficient (Wildman–Crippen LogP) is -0.443. The molecule has 0 radical (unpaired) electrons. The average Bonchev–Trinajstić information content (AvgIpc) is 2.61. The van der Waals surface area contributed by atoms with Gasteiger partial charge in [0.05, 0.1) is 12.1 Å². The number of rotatable bonds is 4. The van der Waals surface area contributed by atoms with Crippen molar-refractivity contribution in [3.05, 3.63) is 36.5 Å². The van der Waals surface area contributed by atoms with Crippen LogP contribution in [0.4, 0.5) is 0 Å². The van der Waals surface area contributed by atoms with Gasteiger partial charge in [0.1, 0.15) is 30.1 Å². The van der Waals surface area contributed by atoms with Crippen molar-refractivity contribution < 1.29 is 29.6 Å². The Labute approximate surface area is 144 Å². The van der Waals surface area contributed by atoms with Crippen LogP contribution in [0.3, 0.4) is 0 Å². The molecule has 2 heterocycles. The Morgan fingerprint density at radius 2 is 2.12 bits per heavy atom. The number of aromatic nitrogens is 1. The maximum atomic E-state index is 11.4. The second kappa shape index (κ2) is 7.32. The number of amides is 1. The van der Waals surface area contributed by atoms with Gasteiger partial charge in [-0.05, 0) is 18.2 Å². The van der Waals surface area contributed by atoms with Crippen LogP contribution in [0.1, 0.15) is 6.92 Å². The Balaban J connectivity index is 1.86. The highest BCUT2D eigenvalue weighted by atomic mass is 16.7. The Morgan fingerprint density at radius 3 is 2.84 bits per heavy atom. The first kappa shape index (κ1) is 17.6. The molecule has 4 N–H and O–H groups in total. The number of hydrogen-bond donors (Lipinski definition) is 4. The van der Waals surface area contributed by atoms with Gasteiger partial charge in [0.25, 0.3) is 0 Å². The highest BCUT2D eigenvalue weighted by molar-refractivity contribution is 5.79. The van der Waals surface area contributed by atoms with E-state index in [2.05, 4.69) is 10.3 Å². The van der Waals surface area contributed by atoms with Crippen molar-refractivity contribution in [2.24, 2.45) is 0 Å². The smallest absolute Gasteiger partial charge is 0.223 e. The fraction of sp³-hybridized carbons (Fsp3) is 0.412. The minimum atomic E-state index is -1.35. The summed E-state index contributed by atoms with van der Waals surface area (Å²) in [5, 5.41) is 33.0. The average molecular weight is 348 g/mol. The molecule has 1 fully saturated rings. The second-order valence-corrected chi connectivity index (χ2v) is 5.91. The molecule has 5 atom stereocenters. The summed E-state index contributed by atoms with van der Waals surface area (Å²) in [6.07, 6.45) is -3.15. The second-order valence-electron chi connectivity index (χ2n) is 5.91. The minimum Gasteiger partial charge on any atom is -0.462 e. The lowest BCUT2D eigenvalue weighted by Gasteiger charge is -2.42. The van der Waals surface area contributed by atoms with Crippen LogP contribution in [0.25, 0.3) is 10.9 Å². The molecule has 25 heavy (non-hydrogen) atoms. The first-order valence-electron chi connectivity index (χ1n) is 7.90. The van der Waals surface area contributed by atoms with E-state index in [1.807, 2.05) is 18.2 Å². The van der Waals surface area contributed by atoms with Gasteiger partial charge in [0.15, 0.2) is 0 Å². The zero-order chi connectivity index (χ0) is 18.0. The SMILES string of the molecule is CC(=O)N[C@H]1[C@H](Oc2ccc3cccnc3c2)O[C@H](CO)[C@H](O)[C@@H]1O. The molecular weight excluding hydrogens is 328 g/mol. The number of benzene rings is 1. The number of carbonyl (C=O) groups is 1. The molecule has 1 saturated heterocycles. The van der Waals surface area contributed by atoms with Gasteiger partial charge in [-0.25, -0.2) is 0 Å². The van der Waals surface area contributed by atoms with E-state index in [1.165, 1.54) is 6.92 Å². The quantitative estimate of drug-likeness (QED) is 0.591. The molecule has 1 aromatic carbocycles. The number of ether oxygens (including phenoxy) is 2. The lowest BCUT2D eigenvalue weighted by atomic mass is 9.97. The molecule has 2 aromatic rings. The van der Waals surface area contributed by atoms with Crippen molar-refractivity contribution in [2.75, 3.05) is 6.61 Å². The number of aliphatic hydroxyl groups is 3. The Hall–Kier alpha value is -2.26. The van der Waals surface area contributed by atoms with E-state index >= 15 is 0 Å². The summed E-state index contributed by atoms with van der Waals surface area (Å²) in [6.45, 7) is 0.790. The third kappa shape index (κ3) is 3.72. The molecule has 1 aromatic heterocycles. The number of fused-ring (bicyclic) bond motifs is 1. The molecule has 134 valence electrons. The van der Waals surface area contributed by atoms with Crippen molar-refractivity contribution in [3.63, 3.8) is 0 Å². The number of carbonyl (C=O) groups excluding carboxylic acids is 1. The molecule has 1 amide bonds. The van der Waals surface area contributed by atoms with Gasteiger partial charge in [0, 0.05) is 24.6 Å². The van der Waals surface area contributed by atoms with Crippen LogP contribution >= 0.6 is 0 Å². The summed E-state index contributed by atoms with van der Waals surface area (Å²) in [6, 6.07) is 7.98. The number of nitrogens with one attached hydrogen (secondary N) is 1. The lowest BCUT2D eigenvalue weighted by Crippen LogP contribution is -2.65. The maximum Gasteiger partial charge on any atom is 0.223 e. The van der Waals surface area contributed by atoms with E-state index in [9.17, 15) is 20.1 Å². The molecule has 3 rings (SSSR count). The van der Waals surface area contributed by atoms with Gasteiger partial charge < -0.3 is 30.1 Å². The van der Waals surface area contributed by atoms with Crippen molar-refractivity contribution in [3.8, 4) is 5.75 Å². The highest BCUT2D eigenvalue weighted by Gasteiger charge is 2.46. The van der Waals surface area contributed by atoms with E-state index in [-0.39, 0.29) is 0 Å². The normalized spacial score (nSPS) is 29.4. The zero-order valence-corrected chi connectivity index (χ0v) is 13.6. The molecule has 1 aliphatic heterocycles. The molecule has 8 heteroatoms. The molecule has 0 bridgehead atoms. The van der Waals surface area contributed by atoms with Crippen LogP contribution < -0.4 is 10.1 Å². The molecular formula is C17H20N2O6. The van der Waals surface area contributed by atoms with Crippen LogP contribution in [0.15, 0.2) is 36.5 Å². The number of pyridine rings is 1. The van der Waals surface area contributed by atoms with Gasteiger partial charge >= 0.3 is 0 Å². The van der Waals surface area contributed by atoms with Crippen molar-refractivity contribution >= 4 is 16.8 Å². The fourth-order valence-corrected chi connectivity index (χ4v) is 2.82. The van der Waals surface area contributed by atoms with Crippen LogP contribution in [0.5, 0.6) is 5.75 Å². The molecule has 0 unspecified atom stereocenters. The van der Waals surface area contributed by atoms with Crippen LogP contribution in [-0.4, -0.2) is 63.5 Å². The Morgan fingerprint density at radius 1 is 1.32 bits per heavy atom. The number of aliphatic hydroxyl groups excluding tert-OH is 3. The van der Waals surface area contributed by atoms with Gasteiger partial charge in [-0.1, -0.05) is 6.07 Å². The van der Waals surface area contributed by atoms with Gasteiger partial charge in [-0.2, -0.15) is 0 Å². The summed E-state index contributed by atoms with van der Waals surface area (Å²) in [5.74, 6) is 0.0166. The summed E-state index contributed by atoms with van der Waals surface area (Å²) in [4.78, 5) is 15.7. The Bertz CT molecular complexity index is 755. The van der Waals surface area contributed by atoms with E-state index in [1.54, 1.807) is 18.3 Å². The largest absolute Gasteiger partial charge is 0.462 e. The third-order valence-electron chi connectivity index (χ3n) is 4.08. The van der Waals surface area contributed by atoms with Crippen molar-refractivity contribution in [2.45, 2.75) is 37.6 Å². The van der Waals surface area contributed by atoms with Gasteiger partial charge in [-0.3, -0.25) is 9.78 Å². The molecule has 8 nitrogen and oxygen atoms in total. The molecule has 0 aliphatic carbocycles. The van der Waals surface area contributed by atoms with Crippen LogP contribution in [0, 0.1) is 0 Å². The van der Waals surface area contributed by atoms with Crippen LogP contribution in [-0.2, 0) is 9.53 Å². The number of nitrogens with zero attached hydrogens (tertiary/aromatic N) is 1.